The van der Waals surface area contributed by atoms with Crippen molar-refractivity contribution >= 4 is 15.9 Å². The molecule has 1 aromatic rings. The van der Waals surface area contributed by atoms with Crippen LogP contribution < -0.4 is 5.32 Å². The number of benzene rings is 1. The molecule has 3 heteroatoms. The van der Waals surface area contributed by atoms with Crippen LogP contribution in [0.1, 0.15) is 38.7 Å². The topological polar surface area (TPSA) is 12.0 Å². The van der Waals surface area contributed by atoms with E-state index in [0.717, 1.165) is 10.9 Å². The molecule has 2 rings (SSSR count). The van der Waals surface area contributed by atoms with Crippen molar-refractivity contribution in [1.29, 1.82) is 0 Å². The smallest absolute Gasteiger partial charge is 0.124 e. The van der Waals surface area contributed by atoms with Crippen LogP contribution in [-0.2, 0) is 6.42 Å². The quantitative estimate of drug-likeness (QED) is 0.855. The summed E-state index contributed by atoms with van der Waals surface area (Å²) < 4.78 is 14.0. The monoisotopic (exact) mass is 327 g/mol. The highest BCUT2D eigenvalue weighted by molar-refractivity contribution is 9.10. The first kappa shape index (κ1) is 15.0. The Hall–Kier alpha value is -0.410. The first-order chi connectivity index (χ1) is 8.94. The van der Waals surface area contributed by atoms with Gasteiger partial charge in [0.1, 0.15) is 5.82 Å². The lowest BCUT2D eigenvalue weighted by molar-refractivity contribution is 0.201. The van der Waals surface area contributed by atoms with E-state index in [9.17, 15) is 4.39 Å². The van der Waals surface area contributed by atoms with Gasteiger partial charge in [-0.1, -0.05) is 42.3 Å². The Kier molecular flexibility index (Phi) is 4.67. The third-order valence-electron chi connectivity index (χ3n) is 4.65. The van der Waals surface area contributed by atoms with Crippen molar-refractivity contribution in [3.8, 4) is 0 Å². The van der Waals surface area contributed by atoms with Gasteiger partial charge < -0.3 is 5.32 Å². The van der Waals surface area contributed by atoms with Gasteiger partial charge >= 0.3 is 0 Å². The van der Waals surface area contributed by atoms with Gasteiger partial charge in [-0.15, -0.1) is 0 Å². The number of rotatable bonds is 4. The first-order valence-electron chi connectivity index (χ1n) is 7.05. The molecule has 2 atom stereocenters. The molecule has 1 saturated carbocycles. The Bertz CT molecular complexity index is 444. The van der Waals surface area contributed by atoms with Crippen LogP contribution in [0.5, 0.6) is 0 Å². The van der Waals surface area contributed by atoms with E-state index in [0.29, 0.717) is 17.4 Å². The molecule has 0 aliphatic heterocycles. The number of likely N-dealkylation sites (N-methyl/N-ethyl adjacent to an activating group) is 1. The van der Waals surface area contributed by atoms with Gasteiger partial charge in [-0.2, -0.15) is 0 Å². The summed E-state index contributed by atoms with van der Waals surface area (Å²) >= 11 is 3.47. The molecule has 106 valence electrons. The van der Waals surface area contributed by atoms with Crippen LogP contribution in [-0.4, -0.2) is 13.1 Å². The summed E-state index contributed by atoms with van der Waals surface area (Å²) in [6.07, 6.45) is 4.86. The summed E-state index contributed by atoms with van der Waals surface area (Å²) in [6, 6.07) is 5.46. The zero-order valence-corrected chi connectivity index (χ0v) is 13.6. The van der Waals surface area contributed by atoms with Crippen LogP contribution in [0.15, 0.2) is 22.7 Å². The van der Waals surface area contributed by atoms with E-state index >= 15 is 0 Å². The summed E-state index contributed by atoms with van der Waals surface area (Å²) in [5.41, 5.74) is 1.59. The zero-order chi connectivity index (χ0) is 14.0. The molecule has 1 aliphatic carbocycles. The highest BCUT2D eigenvalue weighted by Gasteiger charge is 2.38. The second-order valence-electron chi connectivity index (χ2n) is 6.32. The number of halogens is 2. The van der Waals surface area contributed by atoms with Crippen molar-refractivity contribution in [3.63, 3.8) is 0 Å². The van der Waals surface area contributed by atoms with E-state index < -0.39 is 0 Å². The molecule has 2 unspecified atom stereocenters. The molecule has 0 amide bonds. The fourth-order valence-electron chi connectivity index (χ4n) is 3.47. The van der Waals surface area contributed by atoms with Crippen molar-refractivity contribution in [1.82, 2.24) is 5.32 Å². The Morgan fingerprint density at radius 3 is 2.74 bits per heavy atom. The van der Waals surface area contributed by atoms with Crippen LogP contribution in [0.4, 0.5) is 4.39 Å². The lowest BCUT2D eigenvalue weighted by atomic mass is 9.76. The van der Waals surface area contributed by atoms with Crippen LogP contribution in [0, 0.1) is 17.2 Å². The SMILES string of the molecule is CNC(Cc1ccc(F)cc1Br)C1CCCC1(C)C. The third kappa shape index (κ3) is 3.38. The molecular formula is C16H23BrFN. The Labute approximate surface area is 124 Å². The van der Waals surface area contributed by atoms with Gasteiger partial charge in [-0.25, -0.2) is 4.39 Å². The molecule has 0 saturated heterocycles. The number of hydrogen-bond acceptors (Lipinski definition) is 1. The summed E-state index contributed by atoms with van der Waals surface area (Å²) in [6.45, 7) is 4.74. The highest BCUT2D eigenvalue weighted by atomic mass is 79.9. The zero-order valence-electron chi connectivity index (χ0n) is 12.0. The Morgan fingerprint density at radius 2 is 2.21 bits per heavy atom. The summed E-state index contributed by atoms with van der Waals surface area (Å²) in [4.78, 5) is 0. The maximum absolute atomic E-state index is 13.1. The number of nitrogens with one attached hydrogen (secondary N) is 1. The molecule has 0 heterocycles. The molecule has 1 aliphatic rings. The molecule has 0 bridgehead atoms. The molecule has 1 nitrogen and oxygen atoms in total. The lowest BCUT2D eigenvalue weighted by Gasteiger charge is -2.34. The van der Waals surface area contributed by atoms with Gasteiger partial charge in [0, 0.05) is 10.5 Å². The van der Waals surface area contributed by atoms with Gasteiger partial charge in [0.15, 0.2) is 0 Å². The maximum atomic E-state index is 13.1. The first-order valence-corrected chi connectivity index (χ1v) is 7.84. The number of hydrogen-bond donors (Lipinski definition) is 1. The minimum absolute atomic E-state index is 0.183. The molecule has 0 spiro atoms. The van der Waals surface area contributed by atoms with Crippen molar-refractivity contribution in [3.05, 3.63) is 34.1 Å². The van der Waals surface area contributed by atoms with Gasteiger partial charge in [-0.3, -0.25) is 0 Å². The second kappa shape index (κ2) is 5.92. The Balaban J connectivity index is 2.15. The van der Waals surface area contributed by atoms with E-state index in [1.165, 1.54) is 24.8 Å². The molecular weight excluding hydrogens is 305 g/mol. The molecule has 0 radical (unpaired) electrons. The van der Waals surface area contributed by atoms with Crippen LogP contribution in [0.3, 0.4) is 0 Å². The highest BCUT2D eigenvalue weighted by Crippen LogP contribution is 2.45. The standard InChI is InChI=1S/C16H23BrFN/c1-16(2)8-4-5-13(16)15(19-3)9-11-6-7-12(18)10-14(11)17/h6-7,10,13,15,19H,4-5,8-9H2,1-3H3. The van der Waals surface area contributed by atoms with Gasteiger partial charge in [-0.05, 0) is 55.3 Å². The van der Waals surface area contributed by atoms with Crippen molar-refractivity contribution in [2.45, 2.75) is 45.6 Å². The molecule has 1 fully saturated rings. The minimum Gasteiger partial charge on any atom is -0.316 e. The van der Waals surface area contributed by atoms with Gasteiger partial charge in [0.05, 0.1) is 0 Å². The predicted octanol–water partition coefficient (Wildman–Crippen LogP) is 4.55. The van der Waals surface area contributed by atoms with Gasteiger partial charge in [0.25, 0.3) is 0 Å². The van der Waals surface area contributed by atoms with E-state index in [4.69, 9.17) is 0 Å². The van der Waals surface area contributed by atoms with E-state index in [2.05, 4.69) is 35.1 Å². The predicted molar refractivity (Wildman–Crippen MR) is 81.8 cm³/mol. The lowest BCUT2D eigenvalue weighted by Crippen LogP contribution is -2.40. The van der Waals surface area contributed by atoms with Crippen LogP contribution >= 0.6 is 15.9 Å². The van der Waals surface area contributed by atoms with E-state index in [1.807, 2.05) is 13.1 Å². The second-order valence-corrected chi connectivity index (χ2v) is 7.18. The van der Waals surface area contributed by atoms with E-state index in [1.54, 1.807) is 12.1 Å². The van der Waals surface area contributed by atoms with Gasteiger partial charge in [0.2, 0.25) is 0 Å². The van der Waals surface area contributed by atoms with Crippen LogP contribution in [0.25, 0.3) is 0 Å². The molecule has 1 N–H and O–H groups in total. The fraction of sp³-hybridized carbons (Fsp3) is 0.625. The molecule has 0 aromatic heterocycles. The summed E-state index contributed by atoms with van der Waals surface area (Å²) in [7, 11) is 2.04. The maximum Gasteiger partial charge on any atom is 0.124 e. The average Bonchev–Trinajstić information content (AvgIpc) is 2.68. The van der Waals surface area contributed by atoms with Crippen LogP contribution in [0.2, 0.25) is 0 Å². The van der Waals surface area contributed by atoms with Crippen molar-refractivity contribution in [2.24, 2.45) is 11.3 Å². The summed E-state index contributed by atoms with van der Waals surface area (Å²) in [5, 5.41) is 3.48. The largest absolute Gasteiger partial charge is 0.316 e. The van der Waals surface area contributed by atoms with Crippen molar-refractivity contribution in [2.75, 3.05) is 7.05 Å². The van der Waals surface area contributed by atoms with Crippen molar-refractivity contribution < 1.29 is 4.39 Å². The summed E-state index contributed by atoms with van der Waals surface area (Å²) in [5.74, 6) is 0.507. The molecule has 19 heavy (non-hydrogen) atoms. The molecule has 1 aromatic carbocycles. The normalized spacial score (nSPS) is 23.5. The third-order valence-corrected chi connectivity index (χ3v) is 5.39. The minimum atomic E-state index is -0.183. The Morgan fingerprint density at radius 1 is 1.47 bits per heavy atom. The average molecular weight is 328 g/mol. The van der Waals surface area contributed by atoms with E-state index in [-0.39, 0.29) is 5.82 Å². The fourth-order valence-corrected chi connectivity index (χ4v) is 3.98.